The molecule has 4 nitrogen and oxygen atoms in total. The molecule has 0 saturated carbocycles. The van der Waals surface area contributed by atoms with Crippen molar-refractivity contribution < 1.29 is 4.79 Å². The van der Waals surface area contributed by atoms with Crippen molar-refractivity contribution in [3.05, 3.63) is 21.9 Å². The number of thiophene rings is 1. The minimum absolute atomic E-state index is 0. The second-order valence-corrected chi connectivity index (χ2v) is 8.66. The normalized spacial score (nSPS) is 26.6. The molecule has 0 bridgehead atoms. The molecule has 1 saturated heterocycles. The number of carbonyl (C=O) groups excluding carboxylic acids is 1. The van der Waals surface area contributed by atoms with Gasteiger partial charge < -0.3 is 10.6 Å². The lowest BCUT2D eigenvalue weighted by Gasteiger charge is -2.43. The van der Waals surface area contributed by atoms with Crippen LogP contribution in [0.2, 0.25) is 0 Å². The van der Waals surface area contributed by atoms with Gasteiger partial charge in [0.15, 0.2) is 0 Å². The number of likely N-dealkylation sites (tertiary alicyclic amines) is 1. The van der Waals surface area contributed by atoms with Crippen molar-refractivity contribution in [2.45, 2.75) is 52.1 Å². The van der Waals surface area contributed by atoms with E-state index in [2.05, 4.69) is 42.0 Å². The number of piperidine rings is 1. The number of carbonyl (C=O) groups is 1. The Kier molecular flexibility index (Phi) is 6.35. The van der Waals surface area contributed by atoms with Crippen LogP contribution in [0.4, 0.5) is 0 Å². The monoisotopic (exact) mass is 371 g/mol. The Balaban J connectivity index is 0.00000208. The van der Waals surface area contributed by atoms with Crippen LogP contribution in [0.5, 0.6) is 0 Å². The Morgan fingerprint density at radius 3 is 2.83 bits per heavy atom. The molecule has 24 heavy (non-hydrogen) atoms. The topological polar surface area (TPSA) is 49.6 Å². The minimum Gasteiger partial charge on any atom is -0.334 e. The fourth-order valence-corrected chi connectivity index (χ4v) is 4.97. The Labute approximate surface area is 155 Å². The number of nitrogens with zero attached hydrogens (tertiary/aromatic N) is 2. The zero-order chi connectivity index (χ0) is 16.6. The first-order chi connectivity index (χ1) is 10.9. The van der Waals surface area contributed by atoms with Gasteiger partial charge >= 0.3 is 0 Å². The van der Waals surface area contributed by atoms with Gasteiger partial charge in [-0.1, -0.05) is 20.8 Å². The van der Waals surface area contributed by atoms with Crippen molar-refractivity contribution >= 4 is 29.7 Å². The third-order valence-corrected chi connectivity index (χ3v) is 6.55. The van der Waals surface area contributed by atoms with E-state index in [9.17, 15) is 4.79 Å². The second-order valence-electron chi connectivity index (χ2n) is 7.65. The molecule has 0 aromatic carbocycles. The highest BCUT2D eigenvalue weighted by molar-refractivity contribution is 7.10. The van der Waals surface area contributed by atoms with Gasteiger partial charge in [-0.2, -0.15) is 0 Å². The van der Waals surface area contributed by atoms with E-state index in [0.29, 0.717) is 6.54 Å². The molecule has 2 aliphatic heterocycles. The highest BCUT2D eigenvalue weighted by Gasteiger charge is 2.36. The molecule has 0 radical (unpaired) electrons. The summed E-state index contributed by atoms with van der Waals surface area (Å²) in [5, 5.41) is 2.16. The molecule has 3 rings (SSSR count). The van der Waals surface area contributed by atoms with Crippen molar-refractivity contribution in [2.24, 2.45) is 11.1 Å². The molecule has 3 heterocycles. The van der Waals surface area contributed by atoms with E-state index in [-0.39, 0.29) is 35.8 Å². The second kappa shape index (κ2) is 7.73. The molecule has 2 unspecified atom stereocenters. The van der Waals surface area contributed by atoms with E-state index in [1.54, 1.807) is 0 Å². The lowest BCUT2D eigenvalue weighted by atomic mass is 9.80. The number of halogens is 1. The molecule has 6 heteroatoms. The van der Waals surface area contributed by atoms with E-state index in [1.807, 2.05) is 11.3 Å². The van der Waals surface area contributed by atoms with E-state index >= 15 is 0 Å². The quantitative estimate of drug-likeness (QED) is 0.888. The van der Waals surface area contributed by atoms with Crippen LogP contribution in [0.3, 0.4) is 0 Å². The first kappa shape index (κ1) is 19.7. The summed E-state index contributed by atoms with van der Waals surface area (Å²) in [6.07, 6.45) is 2.98. The third kappa shape index (κ3) is 3.79. The molecule has 2 N–H and O–H groups in total. The summed E-state index contributed by atoms with van der Waals surface area (Å²) in [5.41, 5.74) is 7.67. The number of nitrogens with two attached hydrogens (primary N) is 1. The van der Waals surface area contributed by atoms with Gasteiger partial charge in [-0.25, -0.2) is 0 Å². The Hall–Kier alpha value is -0.620. The predicted molar refractivity (Wildman–Crippen MR) is 103 cm³/mol. The summed E-state index contributed by atoms with van der Waals surface area (Å²) in [4.78, 5) is 18.8. The van der Waals surface area contributed by atoms with Crippen LogP contribution in [0.15, 0.2) is 11.4 Å². The van der Waals surface area contributed by atoms with Crippen LogP contribution in [0.25, 0.3) is 0 Å². The van der Waals surface area contributed by atoms with Gasteiger partial charge in [-0.3, -0.25) is 9.69 Å². The van der Waals surface area contributed by atoms with Crippen LogP contribution in [0.1, 0.15) is 50.1 Å². The maximum Gasteiger partial charge on any atom is 0.237 e. The maximum absolute atomic E-state index is 12.9. The van der Waals surface area contributed by atoms with Crippen LogP contribution in [0, 0.1) is 5.41 Å². The van der Waals surface area contributed by atoms with Crippen molar-refractivity contribution in [3.63, 3.8) is 0 Å². The minimum atomic E-state index is 0. The van der Waals surface area contributed by atoms with Gasteiger partial charge in [-0.05, 0) is 41.7 Å². The number of hydrogen-bond acceptors (Lipinski definition) is 4. The first-order valence-corrected chi connectivity index (χ1v) is 9.64. The van der Waals surface area contributed by atoms with Crippen LogP contribution in [-0.2, 0) is 11.2 Å². The van der Waals surface area contributed by atoms with Gasteiger partial charge in [0.05, 0.1) is 12.6 Å². The number of rotatable bonds is 3. The summed E-state index contributed by atoms with van der Waals surface area (Å²) in [5.74, 6) is 0.278. The molecule has 1 amide bonds. The summed E-state index contributed by atoms with van der Waals surface area (Å²) >= 11 is 1.83. The molecule has 1 fully saturated rings. The van der Waals surface area contributed by atoms with Crippen molar-refractivity contribution in [1.29, 1.82) is 0 Å². The molecular formula is C18H30ClN3OS. The van der Waals surface area contributed by atoms with E-state index in [4.69, 9.17) is 5.73 Å². The number of hydrogen-bond donors (Lipinski definition) is 1. The lowest BCUT2D eigenvalue weighted by Crippen LogP contribution is -2.55. The summed E-state index contributed by atoms with van der Waals surface area (Å²) in [7, 11) is 0. The molecule has 2 aliphatic rings. The van der Waals surface area contributed by atoms with E-state index < -0.39 is 0 Å². The van der Waals surface area contributed by atoms with Crippen molar-refractivity contribution in [1.82, 2.24) is 9.80 Å². The Morgan fingerprint density at radius 1 is 1.42 bits per heavy atom. The standard InChI is InChI=1S/C18H29N3OS.ClH/c1-4-14-13-7-10-23-15(13)5-9-21(14)17(22)11-20-8-6-16(19)18(2,3)12-20;/h7,10,14,16H,4-6,8-9,11-12,19H2,1-3H3;1H. The number of amides is 1. The Bertz CT molecular complexity index is 574. The largest absolute Gasteiger partial charge is 0.334 e. The van der Waals surface area contributed by atoms with E-state index in [0.717, 1.165) is 38.9 Å². The van der Waals surface area contributed by atoms with Crippen LogP contribution in [-0.4, -0.2) is 47.9 Å². The van der Waals surface area contributed by atoms with Gasteiger partial charge in [0.25, 0.3) is 0 Å². The van der Waals surface area contributed by atoms with Crippen molar-refractivity contribution in [2.75, 3.05) is 26.2 Å². The van der Waals surface area contributed by atoms with Gasteiger partial charge in [0.2, 0.25) is 5.91 Å². The fraction of sp³-hybridized carbons (Fsp3) is 0.722. The predicted octanol–water partition coefficient (Wildman–Crippen LogP) is 3.06. The smallest absolute Gasteiger partial charge is 0.237 e. The summed E-state index contributed by atoms with van der Waals surface area (Å²) < 4.78 is 0. The average molecular weight is 372 g/mol. The van der Waals surface area contributed by atoms with Crippen LogP contribution >= 0.6 is 23.7 Å². The highest BCUT2D eigenvalue weighted by Crippen LogP contribution is 2.35. The molecule has 0 spiro atoms. The summed E-state index contributed by atoms with van der Waals surface area (Å²) in [6, 6.07) is 2.70. The number of fused-ring (bicyclic) bond motifs is 1. The molecule has 1 aromatic heterocycles. The fourth-order valence-electron chi connectivity index (χ4n) is 4.04. The molecular weight excluding hydrogens is 342 g/mol. The van der Waals surface area contributed by atoms with Crippen LogP contribution < -0.4 is 5.73 Å². The molecule has 1 aromatic rings. The van der Waals surface area contributed by atoms with Gasteiger partial charge in [0, 0.05) is 30.6 Å². The SMILES string of the molecule is CCC1c2ccsc2CCN1C(=O)CN1CCC(N)C(C)(C)C1.Cl. The molecule has 136 valence electrons. The Morgan fingerprint density at radius 2 is 2.17 bits per heavy atom. The average Bonchev–Trinajstić information content (AvgIpc) is 2.98. The highest BCUT2D eigenvalue weighted by atomic mass is 35.5. The van der Waals surface area contributed by atoms with Crippen molar-refractivity contribution in [3.8, 4) is 0 Å². The lowest BCUT2D eigenvalue weighted by molar-refractivity contribution is -0.136. The van der Waals surface area contributed by atoms with E-state index in [1.165, 1.54) is 10.4 Å². The maximum atomic E-state index is 12.9. The first-order valence-electron chi connectivity index (χ1n) is 8.76. The zero-order valence-corrected chi connectivity index (χ0v) is 16.6. The molecule has 0 aliphatic carbocycles. The molecule has 2 atom stereocenters. The van der Waals surface area contributed by atoms with Gasteiger partial charge in [0.1, 0.15) is 0 Å². The summed E-state index contributed by atoms with van der Waals surface area (Å²) in [6.45, 7) is 9.84. The third-order valence-electron chi connectivity index (χ3n) is 5.55. The van der Waals surface area contributed by atoms with Gasteiger partial charge in [-0.15, -0.1) is 23.7 Å². The zero-order valence-electron chi connectivity index (χ0n) is 15.0.